The molecule has 49 heavy (non-hydrogen) atoms. The summed E-state index contributed by atoms with van der Waals surface area (Å²) in [5.74, 6) is 1.66. The lowest BCUT2D eigenvalue weighted by Crippen LogP contribution is -2.24. The van der Waals surface area contributed by atoms with Gasteiger partial charge in [0, 0.05) is 39.3 Å². The Morgan fingerprint density at radius 1 is 0.612 bits per heavy atom. The van der Waals surface area contributed by atoms with E-state index in [4.69, 9.17) is 9.97 Å². The fourth-order valence-corrected chi connectivity index (χ4v) is 8.76. The first kappa shape index (κ1) is 26.9. The topological polar surface area (TPSA) is 30.7 Å². The highest BCUT2D eigenvalue weighted by atomic mass is 15.1. The average Bonchev–Trinajstić information content (AvgIpc) is 3.59. The first-order valence-corrected chi connectivity index (χ1v) is 17.3. The van der Waals surface area contributed by atoms with Gasteiger partial charge in [-0.3, -0.25) is 0 Å². The van der Waals surface area contributed by atoms with Crippen LogP contribution in [-0.4, -0.2) is 14.5 Å². The molecule has 0 amide bonds. The highest BCUT2D eigenvalue weighted by Gasteiger charge is 2.40. The van der Waals surface area contributed by atoms with Gasteiger partial charge in [-0.1, -0.05) is 146 Å². The monoisotopic (exact) mass is 625 g/mol. The minimum absolute atomic E-state index is 0.167. The van der Waals surface area contributed by atoms with Crippen molar-refractivity contribution in [2.45, 2.75) is 24.3 Å². The van der Waals surface area contributed by atoms with Gasteiger partial charge >= 0.3 is 0 Å². The van der Waals surface area contributed by atoms with Crippen LogP contribution in [0, 0.1) is 0 Å². The van der Waals surface area contributed by atoms with Crippen LogP contribution in [0.5, 0.6) is 0 Å². The molecule has 7 aromatic rings. The molecule has 3 heterocycles. The smallest absolute Gasteiger partial charge is 0.142 e. The molecule has 0 bridgehead atoms. The standard InChI is InChI=1S/C46H31N3/c1-2-10-33-29(9-1)19-22-31-24-26-41(47-43(31)33)30-20-17-28(18-21-30)32-23-25-39-40(27-32)36-13-7-8-16-42(36)49-45-38-15-6-4-12-35(38)34-11-3-5-14-37(34)44(45)48-46(39)49/h1-10,12-27,34,36,42H,11H2. The van der Waals surface area contributed by atoms with Crippen molar-refractivity contribution < 1.29 is 0 Å². The quantitative estimate of drug-likeness (QED) is 0.179. The maximum Gasteiger partial charge on any atom is 0.142 e. The molecule has 0 saturated heterocycles. The first-order chi connectivity index (χ1) is 24.3. The van der Waals surface area contributed by atoms with Gasteiger partial charge in [0.2, 0.25) is 0 Å². The molecular weight excluding hydrogens is 595 g/mol. The van der Waals surface area contributed by atoms with Gasteiger partial charge in [-0.2, -0.15) is 0 Å². The predicted molar refractivity (Wildman–Crippen MR) is 201 cm³/mol. The molecule has 230 valence electrons. The first-order valence-electron chi connectivity index (χ1n) is 17.3. The fourth-order valence-electron chi connectivity index (χ4n) is 8.76. The van der Waals surface area contributed by atoms with Crippen LogP contribution in [0.15, 0.2) is 158 Å². The third-order valence-electron chi connectivity index (χ3n) is 11.1. The van der Waals surface area contributed by atoms with Crippen molar-refractivity contribution in [1.29, 1.82) is 0 Å². The molecule has 0 radical (unpaired) electrons. The molecule has 0 saturated carbocycles. The summed E-state index contributed by atoms with van der Waals surface area (Å²) in [7, 11) is 0. The molecule has 3 heteroatoms. The third kappa shape index (κ3) is 3.90. The molecule has 0 N–H and O–H groups in total. The Hall–Kier alpha value is -6.06. The second-order valence-electron chi connectivity index (χ2n) is 13.6. The zero-order valence-corrected chi connectivity index (χ0v) is 26.8. The van der Waals surface area contributed by atoms with E-state index in [9.17, 15) is 0 Å². The summed E-state index contributed by atoms with van der Waals surface area (Å²) in [5.41, 5.74) is 14.6. The van der Waals surface area contributed by atoms with Crippen LogP contribution in [0.1, 0.15) is 41.1 Å². The van der Waals surface area contributed by atoms with Crippen LogP contribution in [-0.2, 0) is 0 Å². The molecule has 3 nitrogen and oxygen atoms in total. The largest absolute Gasteiger partial charge is 0.315 e. The van der Waals surface area contributed by atoms with Gasteiger partial charge in [0.05, 0.1) is 28.6 Å². The van der Waals surface area contributed by atoms with Crippen LogP contribution in [0.2, 0.25) is 0 Å². The van der Waals surface area contributed by atoms with E-state index in [0.717, 1.165) is 40.1 Å². The van der Waals surface area contributed by atoms with Crippen LogP contribution in [0.25, 0.3) is 72.3 Å². The SMILES string of the molecule is C1=CCC2C(=C1)c1nc3n(c1-c1ccccc12)C1C=CC=CC1c1cc(-c2ccc(-c4ccc5ccc6ccccc6c5n4)cc2)ccc1-3. The minimum atomic E-state index is 0.167. The predicted octanol–water partition coefficient (Wildman–Crippen LogP) is 11.5. The molecule has 0 fully saturated rings. The van der Waals surface area contributed by atoms with Crippen molar-refractivity contribution in [3.8, 4) is 45.0 Å². The summed E-state index contributed by atoms with van der Waals surface area (Å²) in [6.45, 7) is 0. The molecule has 4 aliphatic rings. The zero-order valence-electron chi connectivity index (χ0n) is 26.8. The summed E-state index contributed by atoms with van der Waals surface area (Å²) in [6.07, 6.45) is 17.0. The maximum absolute atomic E-state index is 5.49. The highest BCUT2D eigenvalue weighted by molar-refractivity contribution is 6.05. The lowest BCUT2D eigenvalue weighted by molar-refractivity contribution is 0.539. The molecule has 3 unspecified atom stereocenters. The van der Waals surface area contributed by atoms with Gasteiger partial charge in [0.15, 0.2) is 0 Å². The number of aromatic nitrogens is 3. The number of pyridine rings is 1. The van der Waals surface area contributed by atoms with E-state index < -0.39 is 0 Å². The molecule has 3 aliphatic carbocycles. The van der Waals surface area contributed by atoms with Crippen LogP contribution < -0.4 is 0 Å². The maximum atomic E-state index is 5.49. The second-order valence-corrected chi connectivity index (χ2v) is 13.6. The van der Waals surface area contributed by atoms with Gasteiger partial charge in [-0.05, 0) is 51.8 Å². The van der Waals surface area contributed by atoms with Crippen molar-refractivity contribution in [2.24, 2.45) is 0 Å². The average molecular weight is 626 g/mol. The lowest BCUT2D eigenvalue weighted by atomic mass is 9.75. The number of fused-ring (bicyclic) bond motifs is 16. The van der Waals surface area contributed by atoms with Crippen molar-refractivity contribution >= 4 is 27.2 Å². The Labute approximate surface area is 284 Å². The number of nitrogens with zero attached hydrogens (tertiary/aromatic N) is 3. The van der Waals surface area contributed by atoms with E-state index in [0.29, 0.717) is 5.92 Å². The van der Waals surface area contributed by atoms with E-state index >= 15 is 0 Å². The molecule has 5 aromatic carbocycles. The van der Waals surface area contributed by atoms with Gasteiger partial charge in [0.25, 0.3) is 0 Å². The van der Waals surface area contributed by atoms with Gasteiger partial charge in [-0.25, -0.2) is 9.97 Å². The molecule has 2 aromatic heterocycles. The van der Waals surface area contributed by atoms with Crippen molar-refractivity contribution in [1.82, 2.24) is 14.5 Å². The molecule has 3 atom stereocenters. The number of hydrogen-bond donors (Lipinski definition) is 0. The zero-order chi connectivity index (χ0) is 32.1. The summed E-state index contributed by atoms with van der Waals surface area (Å²) in [6, 6.07) is 42.2. The Morgan fingerprint density at radius 3 is 2.37 bits per heavy atom. The highest BCUT2D eigenvalue weighted by Crippen LogP contribution is 2.55. The summed E-state index contributed by atoms with van der Waals surface area (Å²) >= 11 is 0. The normalized spacial score (nSPS) is 19.4. The second kappa shape index (κ2) is 10.2. The van der Waals surface area contributed by atoms with E-state index in [2.05, 4.69) is 162 Å². The van der Waals surface area contributed by atoms with Crippen LogP contribution in [0.4, 0.5) is 0 Å². The Kier molecular flexibility index (Phi) is 5.62. The number of imidazole rings is 1. The summed E-state index contributed by atoms with van der Waals surface area (Å²) in [4.78, 5) is 10.6. The molecule has 0 spiro atoms. The summed E-state index contributed by atoms with van der Waals surface area (Å²) < 4.78 is 2.53. The minimum Gasteiger partial charge on any atom is -0.315 e. The van der Waals surface area contributed by atoms with Crippen LogP contribution in [0.3, 0.4) is 0 Å². The molecule has 1 aliphatic heterocycles. The molecule has 11 rings (SSSR count). The number of rotatable bonds is 2. The van der Waals surface area contributed by atoms with Gasteiger partial charge in [-0.15, -0.1) is 0 Å². The Morgan fingerprint density at radius 2 is 1.41 bits per heavy atom. The van der Waals surface area contributed by atoms with Crippen molar-refractivity contribution in [3.63, 3.8) is 0 Å². The lowest BCUT2D eigenvalue weighted by Gasteiger charge is -2.36. The van der Waals surface area contributed by atoms with E-state index in [1.165, 1.54) is 55.4 Å². The number of allylic oxidation sites excluding steroid dienone is 8. The van der Waals surface area contributed by atoms with Crippen molar-refractivity contribution in [3.05, 3.63) is 175 Å². The van der Waals surface area contributed by atoms with E-state index in [1.54, 1.807) is 0 Å². The number of hydrogen-bond acceptors (Lipinski definition) is 2. The molecular formula is C46H31N3. The fraction of sp³-hybridized carbons (Fsp3) is 0.0870. The van der Waals surface area contributed by atoms with E-state index in [-0.39, 0.29) is 12.0 Å². The Balaban J connectivity index is 1.02. The third-order valence-corrected chi connectivity index (χ3v) is 11.1. The number of benzene rings is 5. The van der Waals surface area contributed by atoms with E-state index in [1.807, 2.05) is 0 Å². The van der Waals surface area contributed by atoms with Gasteiger partial charge in [0.1, 0.15) is 5.82 Å². The van der Waals surface area contributed by atoms with Gasteiger partial charge < -0.3 is 4.57 Å². The Bertz CT molecular complexity index is 2650. The van der Waals surface area contributed by atoms with Crippen LogP contribution >= 0.6 is 0 Å². The van der Waals surface area contributed by atoms with Crippen molar-refractivity contribution in [2.75, 3.05) is 0 Å². The summed E-state index contributed by atoms with van der Waals surface area (Å²) in [5, 5.41) is 3.57.